The zero-order valence-corrected chi connectivity index (χ0v) is 17.1. The van der Waals surface area contributed by atoms with E-state index >= 15 is 0 Å². The third-order valence-corrected chi connectivity index (χ3v) is 5.07. The minimum atomic E-state index is -3.10. The number of carboxylic acid groups (broad SMARTS) is 1. The van der Waals surface area contributed by atoms with Crippen molar-refractivity contribution < 1.29 is 27.9 Å². The van der Waals surface area contributed by atoms with E-state index < -0.39 is 23.5 Å². The molecular weight excluding hydrogens is 446 g/mol. The van der Waals surface area contributed by atoms with Crippen LogP contribution in [0.2, 0.25) is 0 Å². The van der Waals surface area contributed by atoms with Crippen molar-refractivity contribution in [2.45, 2.75) is 19.4 Å². The second-order valence-electron chi connectivity index (χ2n) is 6.67. The number of amides is 1. The van der Waals surface area contributed by atoms with Crippen LogP contribution in [-0.2, 0) is 12.5 Å². The molecule has 3 heterocycles. The second-order valence-corrected chi connectivity index (χ2v) is 7.62. The highest BCUT2D eigenvalue weighted by molar-refractivity contribution is 7.09. The number of thiazole rings is 1. The second kappa shape index (κ2) is 7.92. The third-order valence-electron chi connectivity index (χ3n) is 4.24. The van der Waals surface area contributed by atoms with E-state index in [1.165, 1.54) is 5.38 Å². The van der Waals surface area contributed by atoms with Crippen molar-refractivity contribution >= 4 is 23.2 Å². The van der Waals surface area contributed by atoms with Gasteiger partial charge in [-0.15, -0.1) is 21.5 Å². The summed E-state index contributed by atoms with van der Waals surface area (Å²) in [6.45, 7) is 0.604. The van der Waals surface area contributed by atoms with E-state index in [0.717, 1.165) is 23.1 Å². The van der Waals surface area contributed by atoms with Crippen LogP contribution >= 0.6 is 11.3 Å². The van der Waals surface area contributed by atoms with Crippen LogP contribution in [0.25, 0.3) is 22.9 Å². The van der Waals surface area contributed by atoms with Gasteiger partial charge in [0, 0.05) is 17.9 Å². The number of oxazole rings is 1. The molecule has 4 rings (SSSR count). The first kappa shape index (κ1) is 21.2. The molecule has 3 N–H and O–H groups in total. The zero-order valence-electron chi connectivity index (χ0n) is 16.3. The quantitative estimate of drug-likeness (QED) is 0.427. The van der Waals surface area contributed by atoms with E-state index in [0.29, 0.717) is 5.56 Å². The molecule has 0 saturated heterocycles. The van der Waals surface area contributed by atoms with Crippen molar-refractivity contribution in [1.82, 2.24) is 25.0 Å². The minimum Gasteiger partial charge on any atom is -0.476 e. The lowest BCUT2D eigenvalue weighted by atomic mass is 10.1. The van der Waals surface area contributed by atoms with Crippen molar-refractivity contribution in [2.24, 2.45) is 5.73 Å². The van der Waals surface area contributed by atoms with Crippen LogP contribution in [0, 0.1) is 0 Å². The molecule has 13 heteroatoms. The van der Waals surface area contributed by atoms with E-state index in [1.54, 1.807) is 30.3 Å². The Labute approximate surface area is 182 Å². The fourth-order valence-electron chi connectivity index (χ4n) is 2.79. The van der Waals surface area contributed by atoms with Gasteiger partial charge in [-0.3, -0.25) is 4.79 Å². The highest BCUT2D eigenvalue weighted by atomic mass is 32.1. The molecule has 0 aliphatic carbocycles. The van der Waals surface area contributed by atoms with Crippen LogP contribution in [0.3, 0.4) is 0 Å². The lowest BCUT2D eigenvalue weighted by molar-refractivity contribution is 0.0132. The number of hydrogen-bond acceptors (Lipinski definition) is 8. The number of carbonyl (C=O) groups is 2. The summed E-state index contributed by atoms with van der Waals surface area (Å²) < 4.78 is 32.5. The Hall–Kier alpha value is -4.00. The van der Waals surface area contributed by atoms with Crippen molar-refractivity contribution in [2.75, 3.05) is 0 Å². The molecule has 3 aromatic heterocycles. The zero-order chi connectivity index (χ0) is 23.0. The smallest absolute Gasteiger partial charge is 0.358 e. The van der Waals surface area contributed by atoms with Gasteiger partial charge in [0.1, 0.15) is 17.2 Å². The molecule has 0 spiro atoms. The lowest BCUT2D eigenvalue weighted by Crippen LogP contribution is -2.14. The molecule has 0 saturated carbocycles. The molecule has 0 atom stereocenters. The van der Waals surface area contributed by atoms with Gasteiger partial charge in [-0.05, 0) is 0 Å². The van der Waals surface area contributed by atoms with Gasteiger partial charge < -0.3 is 15.3 Å². The first-order valence-corrected chi connectivity index (χ1v) is 9.89. The van der Waals surface area contributed by atoms with Crippen molar-refractivity contribution in [3.8, 4) is 22.9 Å². The number of halogens is 2. The Kier molecular flexibility index (Phi) is 5.26. The average Bonchev–Trinajstić information content (AvgIpc) is 3.46. The molecule has 0 fully saturated rings. The Morgan fingerprint density at radius 3 is 2.50 bits per heavy atom. The fourth-order valence-corrected chi connectivity index (χ4v) is 3.63. The molecule has 164 valence electrons. The number of aromatic nitrogens is 5. The minimum absolute atomic E-state index is 0.0344. The van der Waals surface area contributed by atoms with E-state index in [1.807, 2.05) is 0 Å². The molecule has 10 nitrogen and oxygen atoms in total. The van der Waals surface area contributed by atoms with Crippen molar-refractivity contribution in [3.05, 3.63) is 57.8 Å². The van der Waals surface area contributed by atoms with Gasteiger partial charge in [0.25, 0.3) is 17.7 Å². The van der Waals surface area contributed by atoms with Gasteiger partial charge in [0.15, 0.2) is 22.8 Å². The molecule has 1 aromatic carbocycles. The number of nitrogens with zero attached hydrogens (tertiary/aromatic N) is 5. The number of aromatic carboxylic acids is 1. The lowest BCUT2D eigenvalue weighted by Gasteiger charge is -2.04. The first-order chi connectivity index (χ1) is 15.1. The number of alkyl halides is 2. The monoisotopic (exact) mass is 460 g/mol. The van der Waals surface area contributed by atoms with Crippen LogP contribution in [-0.4, -0.2) is 41.9 Å². The number of rotatable bonds is 7. The predicted molar refractivity (Wildman–Crippen MR) is 107 cm³/mol. The van der Waals surface area contributed by atoms with E-state index in [9.17, 15) is 23.5 Å². The Balaban J connectivity index is 1.74. The summed E-state index contributed by atoms with van der Waals surface area (Å²) in [5, 5.41) is 19.1. The summed E-state index contributed by atoms with van der Waals surface area (Å²) in [6, 6.07) is 8.39. The van der Waals surface area contributed by atoms with Gasteiger partial charge >= 0.3 is 5.97 Å². The van der Waals surface area contributed by atoms with Gasteiger partial charge in [0.05, 0.1) is 0 Å². The predicted octanol–water partition coefficient (Wildman–Crippen LogP) is 3.01. The summed E-state index contributed by atoms with van der Waals surface area (Å²) in [5.41, 5.74) is 4.55. The Morgan fingerprint density at radius 1 is 1.19 bits per heavy atom. The fraction of sp³-hybridized carbons (Fsp3) is 0.158. The molecule has 1 amide bonds. The van der Waals surface area contributed by atoms with Crippen LogP contribution < -0.4 is 5.73 Å². The normalized spacial score (nSPS) is 11.6. The molecule has 0 aliphatic heterocycles. The summed E-state index contributed by atoms with van der Waals surface area (Å²) in [6.07, 6.45) is 0. The molecule has 0 aliphatic rings. The molecule has 32 heavy (non-hydrogen) atoms. The molecule has 0 bridgehead atoms. The molecule has 0 radical (unpaired) electrons. The summed E-state index contributed by atoms with van der Waals surface area (Å²) in [7, 11) is 0. The van der Waals surface area contributed by atoms with E-state index in [2.05, 4.69) is 20.2 Å². The van der Waals surface area contributed by atoms with Crippen LogP contribution in [0.15, 0.2) is 40.1 Å². The number of carboxylic acids is 1. The summed E-state index contributed by atoms with van der Waals surface area (Å²) in [4.78, 5) is 32.4. The van der Waals surface area contributed by atoms with E-state index in [-0.39, 0.29) is 40.3 Å². The maximum absolute atomic E-state index is 13.4. The molecule has 0 unspecified atom stereocenters. The van der Waals surface area contributed by atoms with Gasteiger partial charge in [-0.25, -0.2) is 9.78 Å². The highest BCUT2D eigenvalue weighted by Crippen LogP contribution is 2.31. The largest absolute Gasteiger partial charge is 0.476 e. The van der Waals surface area contributed by atoms with E-state index in [4.69, 9.17) is 10.2 Å². The topological polar surface area (TPSA) is 150 Å². The highest BCUT2D eigenvalue weighted by Gasteiger charge is 2.29. The average molecular weight is 460 g/mol. The number of benzene rings is 1. The number of carbonyl (C=O) groups excluding carboxylic acids is 1. The van der Waals surface area contributed by atoms with Crippen LogP contribution in [0.4, 0.5) is 8.78 Å². The Morgan fingerprint density at radius 2 is 1.91 bits per heavy atom. The summed E-state index contributed by atoms with van der Waals surface area (Å²) in [5.74, 6) is -5.71. The number of hydrogen-bond donors (Lipinski definition) is 2. The standard InChI is InChI=1S/C19H14F2N6O4S/c1-19(20,21)10-8-32-11(23-10)7-27-25-12(16(22)28)13(26-27)17-24-14(18(29)30)15(31-17)9-5-3-2-4-6-9/h2-6,8H,7H2,1H3,(H2,22,28)(H,29,30). The number of nitrogens with two attached hydrogens (primary N) is 1. The Bertz CT molecular complexity index is 1310. The summed E-state index contributed by atoms with van der Waals surface area (Å²) >= 11 is 0.973. The maximum atomic E-state index is 13.4. The molecule has 4 aromatic rings. The van der Waals surface area contributed by atoms with Gasteiger partial charge in [0.2, 0.25) is 0 Å². The van der Waals surface area contributed by atoms with Crippen LogP contribution in [0.1, 0.15) is 38.6 Å². The maximum Gasteiger partial charge on any atom is 0.358 e. The van der Waals surface area contributed by atoms with Gasteiger partial charge in [-0.2, -0.15) is 18.6 Å². The van der Waals surface area contributed by atoms with Crippen molar-refractivity contribution in [1.29, 1.82) is 0 Å². The van der Waals surface area contributed by atoms with Crippen LogP contribution in [0.5, 0.6) is 0 Å². The van der Waals surface area contributed by atoms with Crippen molar-refractivity contribution in [3.63, 3.8) is 0 Å². The molecular formula is C19H14F2N6O4S. The first-order valence-electron chi connectivity index (χ1n) is 9.01. The SMILES string of the molecule is CC(F)(F)c1csc(Cn2nc(C(N)=O)c(-c3nc(C(=O)O)c(-c4ccccc4)o3)n2)n1. The third kappa shape index (κ3) is 4.09. The van der Waals surface area contributed by atoms with Gasteiger partial charge in [-0.1, -0.05) is 30.3 Å². The number of primary amides is 1.